The SMILES string of the molecule is COC1CCCC(Oc2cccc3ccccc23)C1. The first-order chi connectivity index (χ1) is 9.36. The fraction of sp³-hybridized carbons (Fsp3) is 0.412. The van der Waals surface area contributed by atoms with Crippen LogP contribution in [-0.2, 0) is 4.74 Å². The van der Waals surface area contributed by atoms with Gasteiger partial charge in [-0.2, -0.15) is 0 Å². The summed E-state index contributed by atoms with van der Waals surface area (Å²) in [5, 5.41) is 2.43. The molecular formula is C17H20O2. The van der Waals surface area contributed by atoms with Gasteiger partial charge in [0.05, 0.1) is 6.10 Å². The molecule has 100 valence electrons. The van der Waals surface area contributed by atoms with Crippen molar-refractivity contribution >= 4 is 10.8 Å². The lowest BCUT2D eigenvalue weighted by atomic mass is 9.95. The van der Waals surface area contributed by atoms with E-state index in [1.807, 2.05) is 0 Å². The average molecular weight is 256 g/mol. The van der Waals surface area contributed by atoms with Crippen LogP contribution in [0.1, 0.15) is 25.7 Å². The van der Waals surface area contributed by atoms with Crippen LogP contribution in [0.25, 0.3) is 10.8 Å². The zero-order valence-electron chi connectivity index (χ0n) is 11.3. The average Bonchev–Trinajstić information content (AvgIpc) is 2.48. The second-order valence-corrected chi connectivity index (χ2v) is 5.24. The molecule has 19 heavy (non-hydrogen) atoms. The van der Waals surface area contributed by atoms with Gasteiger partial charge in [-0.3, -0.25) is 0 Å². The van der Waals surface area contributed by atoms with Crippen molar-refractivity contribution in [2.45, 2.75) is 37.9 Å². The summed E-state index contributed by atoms with van der Waals surface area (Å²) >= 11 is 0. The molecule has 0 radical (unpaired) electrons. The van der Waals surface area contributed by atoms with Gasteiger partial charge in [-0.25, -0.2) is 0 Å². The van der Waals surface area contributed by atoms with Crippen LogP contribution in [0.5, 0.6) is 5.75 Å². The molecule has 2 nitrogen and oxygen atoms in total. The molecule has 0 heterocycles. The minimum Gasteiger partial charge on any atom is -0.490 e. The van der Waals surface area contributed by atoms with Gasteiger partial charge in [0.2, 0.25) is 0 Å². The van der Waals surface area contributed by atoms with Crippen LogP contribution < -0.4 is 4.74 Å². The summed E-state index contributed by atoms with van der Waals surface area (Å²) in [6.07, 6.45) is 5.11. The monoisotopic (exact) mass is 256 g/mol. The van der Waals surface area contributed by atoms with Crippen molar-refractivity contribution in [3.63, 3.8) is 0 Å². The Bertz CT molecular complexity index is 544. The quantitative estimate of drug-likeness (QED) is 0.820. The molecule has 1 aliphatic rings. The minimum atomic E-state index is 0.282. The third-order valence-corrected chi connectivity index (χ3v) is 3.95. The van der Waals surface area contributed by atoms with Gasteiger partial charge in [0.1, 0.15) is 11.9 Å². The normalized spacial score (nSPS) is 23.4. The minimum absolute atomic E-state index is 0.282. The molecule has 2 aromatic rings. The molecule has 0 N–H and O–H groups in total. The molecule has 2 unspecified atom stereocenters. The highest BCUT2D eigenvalue weighted by atomic mass is 16.5. The van der Waals surface area contributed by atoms with Gasteiger partial charge in [-0.05, 0) is 30.7 Å². The number of fused-ring (bicyclic) bond motifs is 1. The first-order valence-electron chi connectivity index (χ1n) is 7.04. The number of hydrogen-bond donors (Lipinski definition) is 0. The van der Waals surface area contributed by atoms with Gasteiger partial charge in [-0.15, -0.1) is 0 Å². The Kier molecular flexibility index (Phi) is 3.69. The molecule has 0 saturated heterocycles. The Hall–Kier alpha value is -1.54. The highest BCUT2D eigenvalue weighted by Crippen LogP contribution is 2.30. The van der Waals surface area contributed by atoms with Crippen molar-refractivity contribution in [2.24, 2.45) is 0 Å². The maximum absolute atomic E-state index is 6.22. The molecular weight excluding hydrogens is 236 g/mol. The lowest BCUT2D eigenvalue weighted by Gasteiger charge is -2.29. The van der Waals surface area contributed by atoms with Crippen LogP contribution >= 0.6 is 0 Å². The Morgan fingerprint density at radius 3 is 2.63 bits per heavy atom. The van der Waals surface area contributed by atoms with Crippen LogP contribution in [0.3, 0.4) is 0 Å². The highest BCUT2D eigenvalue weighted by molar-refractivity contribution is 5.88. The zero-order valence-corrected chi connectivity index (χ0v) is 11.3. The molecule has 1 aliphatic carbocycles. The van der Waals surface area contributed by atoms with Crippen molar-refractivity contribution in [1.82, 2.24) is 0 Å². The Labute approximate surface area is 114 Å². The second-order valence-electron chi connectivity index (χ2n) is 5.24. The molecule has 0 amide bonds. The van der Waals surface area contributed by atoms with Crippen molar-refractivity contribution in [1.29, 1.82) is 0 Å². The molecule has 2 atom stereocenters. The molecule has 2 heteroatoms. The van der Waals surface area contributed by atoms with Crippen molar-refractivity contribution < 1.29 is 9.47 Å². The topological polar surface area (TPSA) is 18.5 Å². The molecule has 0 spiro atoms. The molecule has 0 bridgehead atoms. The number of hydrogen-bond acceptors (Lipinski definition) is 2. The summed E-state index contributed by atoms with van der Waals surface area (Å²) in [6.45, 7) is 0. The smallest absolute Gasteiger partial charge is 0.127 e. The molecule has 1 fully saturated rings. The fourth-order valence-corrected chi connectivity index (χ4v) is 2.90. The van der Waals surface area contributed by atoms with E-state index < -0.39 is 0 Å². The maximum Gasteiger partial charge on any atom is 0.127 e. The van der Waals surface area contributed by atoms with E-state index >= 15 is 0 Å². The van der Waals surface area contributed by atoms with E-state index in [4.69, 9.17) is 9.47 Å². The predicted octanol–water partition coefficient (Wildman–Crippen LogP) is 4.18. The summed E-state index contributed by atoms with van der Waals surface area (Å²) < 4.78 is 11.7. The van der Waals surface area contributed by atoms with E-state index in [0.29, 0.717) is 6.10 Å². The van der Waals surface area contributed by atoms with Crippen LogP contribution in [0.2, 0.25) is 0 Å². The summed E-state index contributed by atoms with van der Waals surface area (Å²) in [5.74, 6) is 1.000. The summed E-state index contributed by atoms with van der Waals surface area (Å²) in [4.78, 5) is 0. The van der Waals surface area contributed by atoms with Crippen molar-refractivity contribution in [2.75, 3.05) is 7.11 Å². The lowest BCUT2D eigenvalue weighted by molar-refractivity contribution is 0.0214. The third kappa shape index (κ3) is 2.74. The van der Waals surface area contributed by atoms with E-state index in [-0.39, 0.29) is 6.10 Å². The van der Waals surface area contributed by atoms with Crippen molar-refractivity contribution in [3.05, 3.63) is 42.5 Å². The van der Waals surface area contributed by atoms with E-state index in [2.05, 4.69) is 42.5 Å². The van der Waals surface area contributed by atoms with E-state index in [9.17, 15) is 0 Å². The third-order valence-electron chi connectivity index (χ3n) is 3.95. The Balaban J connectivity index is 1.81. The summed E-state index contributed by atoms with van der Waals surface area (Å²) in [6, 6.07) is 14.6. The van der Waals surface area contributed by atoms with Crippen LogP contribution in [0.15, 0.2) is 42.5 Å². The van der Waals surface area contributed by atoms with Gasteiger partial charge >= 0.3 is 0 Å². The van der Waals surface area contributed by atoms with Gasteiger partial charge < -0.3 is 9.47 Å². The van der Waals surface area contributed by atoms with Gasteiger partial charge in [0.15, 0.2) is 0 Å². The number of methoxy groups -OCH3 is 1. The van der Waals surface area contributed by atoms with Crippen molar-refractivity contribution in [3.8, 4) is 5.75 Å². The van der Waals surface area contributed by atoms with Gasteiger partial charge in [-0.1, -0.05) is 36.4 Å². The standard InChI is InChI=1S/C17H20O2/c1-18-14-8-5-9-15(12-14)19-17-11-4-7-13-6-2-3-10-16(13)17/h2-4,6-7,10-11,14-15H,5,8-9,12H2,1H3. The first-order valence-corrected chi connectivity index (χ1v) is 7.04. The molecule has 2 aromatic carbocycles. The summed E-state index contributed by atoms with van der Waals surface area (Å²) in [5.41, 5.74) is 0. The zero-order chi connectivity index (χ0) is 13.1. The summed E-state index contributed by atoms with van der Waals surface area (Å²) in [7, 11) is 1.80. The maximum atomic E-state index is 6.22. The van der Waals surface area contributed by atoms with Crippen LogP contribution in [0.4, 0.5) is 0 Å². The molecule has 0 aromatic heterocycles. The highest BCUT2D eigenvalue weighted by Gasteiger charge is 2.23. The number of rotatable bonds is 3. The van der Waals surface area contributed by atoms with Gasteiger partial charge in [0.25, 0.3) is 0 Å². The fourth-order valence-electron chi connectivity index (χ4n) is 2.90. The second kappa shape index (κ2) is 5.62. The Morgan fingerprint density at radius 2 is 1.74 bits per heavy atom. The largest absolute Gasteiger partial charge is 0.490 e. The molecule has 1 saturated carbocycles. The molecule has 3 rings (SSSR count). The molecule has 0 aliphatic heterocycles. The van der Waals surface area contributed by atoms with E-state index in [0.717, 1.165) is 25.0 Å². The first kappa shape index (κ1) is 12.5. The number of ether oxygens (including phenoxy) is 2. The number of benzene rings is 2. The van der Waals surface area contributed by atoms with E-state index in [1.165, 1.54) is 17.2 Å². The van der Waals surface area contributed by atoms with Gasteiger partial charge in [0, 0.05) is 18.9 Å². The van der Waals surface area contributed by atoms with Crippen LogP contribution in [-0.4, -0.2) is 19.3 Å². The predicted molar refractivity (Wildman–Crippen MR) is 77.6 cm³/mol. The van der Waals surface area contributed by atoms with E-state index in [1.54, 1.807) is 7.11 Å². The van der Waals surface area contributed by atoms with Crippen LogP contribution in [0, 0.1) is 0 Å². The Morgan fingerprint density at radius 1 is 0.947 bits per heavy atom. The lowest BCUT2D eigenvalue weighted by Crippen LogP contribution is -2.29.